The highest BCUT2D eigenvalue weighted by molar-refractivity contribution is 5.47. The second-order valence-corrected chi connectivity index (χ2v) is 3.11. The maximum Gasteiger partial charge on any atom is 0.121 e. The van der Waals surface area contributed by atoms with Crippen LogP contribution >= 0.6 is 0 Å². The molecule has 0 radical (unpaired) electrons. The van der Waals surface area contributed by atoms with Crippen molar-refractivity contribution in [3.8, 4) is 5.75 Å². The Morgan fingerprint density at radius 3 is 2.62 bits per heavy atom. The Bertz CT molecular complexity index is 271. The van der Waals surface area contributed by atoms with Crippen LogP contribution in [0.1, 0.15) is 25.8 Å². The molecule has 72 valence electrons. The summed E-state index contributed by atoms with van der Waals surface area (Å²) in [5.41, 5.74) is 7.74. The van der Waals surface area contributed by atoms with E-state index in [4.69, 9.17) is 10.5 Å². The minimum Gasteiger partial charge on any atom is -0.494 e. The molecular formula is C11H17NO. The predicted octanol–water partition coefficient (Wildman–Crippen LogP) is 2.62. The van der Waals surface area contributed by atoms with E-state index in [9.17, 15) is 0 Å². The average molecular weight is 179 g/mol. The lowest BCUT2D eigenvalue weighted by atomic mass is 10.1. The monoisotopic (exact) mass is 179 g/mol. The van der Waals surface area contributed by atoms with Crippen LogP contribution in [0.2, 0.25) is 0 Å². The third-order valence-corrected chi connectivity index (χ3v) is 1.87. The van der Waals surface area contributed by atoms with E-state index in [0.29, 0.717) is 0 Å². The van der Waals surface area contributed by atoms with Gasteiger partial charge >= 0.3 is 0 Å². The Kier molecular flexibility index (Phi) is 3.62. The van der Waals surface area contributed by atoms with Gasteiger partial charge in [-0.15, -0.1) is 0 Å². The molecule has 0 spiro atoms. The van der Waals surface area contributed by atoms with Gasteiger partial charge in [-0.2, -0.15) is 0 Å². The lowest BCUT2D eigenvalue weighted by molar-refractivity contribution is 0.317. The van der Waals surface area contributed by atoms with Crippen molar-refractivity contribution in [2.24, 2.45) is 0 Å². The normalized spacial score (nSPS) is 10.0. The lowest BCUT2D eigenvalue weighted by Gasteiger charge is -2.07. The van der Waals surface area contributed by atoms with E-state index in [1.54, 1.807) is 0 Å². The Morgan fingerprint density at radius 1 is 1.23 bits per heavy atom. The topological polar surface area (TPSA) is 35.2 Å². The summed E-state index contributed by atoms with van der Waals surface area (Å²) in [6, 6.07) is 5.90. The fourth-order valence-corrected chi connectivity index (χ4v) is 1.19. The van der Waals surface area contributed by atoms with Crippen LogP contribution in [0, 0.1) is 0 Å². The number of rotatable bonds is 4. The molecule has 2 heteroatoms. The molecular weight excluding hydrogens is 162 g/mol. The van der Waals surface area contributed by atoms with Gasteiger partial charge in [0.1, 0.15) is 5.75 Å². The molecule has 0 atom stereocenters. The van der Waals surface area contributed by atoms with Crippen molar-refractivity contribution < 1.29 is 4.74 Å². The highest BCUT2D eigenvalue weighted by Gasteiger charge is 1.97. The summed E-state index contributed by atoms with van der Waals surface area (Å²) in [5, 5.41) is 0. The maximum atomic E-state index is 5.73. The van der Waals surface area contributed by atoms with Gasteiger partial charge in [0.05, 0.1) is 6.61 Å². The minimum atomic E-state index is 0.757. The van der Waals surface area contributed by atoms with Crippen LogP contribution < -0.4 is 10.5 Å². The van der Waals surface area contributed by atoms with Crippen molar-refractivity contribution in [2.45, 2.75) is 26.7 Å². The molecule has 2 nitrogen and oxygen atoms in total. The number of nitrogens with two attached hydrogens (primary N) is 1. The maximum absolute atomic E-state index is 5.73. The van der Waals surface area contributed by atoms with E-state index in [1.807, 2.05) is 18.2 Å². The molecule has 0 aromatic heterocycles. The molecule has 0 bridgehead atoms. The minimum absolute atomic E-state index is 0.757. The summed E-state index contributed by atoms with van der Waals surface area (Å²) >= 11 is 0. The van der Waals surface area contributed by atoms with Crippen LogP contribution in [0.3, 0.4) is 0 Å². The van der Waals surface area contributed by atoms with Crippen molar-refractivity contribution >= 4 is 5.69 Å². The number of anilines is 1. The molecule has 0 aliphatic rings. The van der Waals surface area contributed by atoms with Crippen LogP contribution in [0.4, 0.5) is 5.69 Å². The van der Waals surface area contributed by atoms with E-state index >= 15 is 0 Å². The van der Waals surface area contributed by atoms with Gasteiger partial charge < -0.3 is 10.5 Å². The first-order valence-corrected chi connectivity index (χ1v) is 4.78. The standard InChI is InChI=1S/C11H17NO/c1-3-5-13-11-7-9(4-2)6-10(12)8-11/h6-8H,3-5,12H2,1-2H3. The van der Waals surface area contributed by atoms with E-state index in [1.165, 1.54) is 5.56 Å². The zero-order valence-electron chi connectivity index (χ0n) is 8.34. The molecule has 0 aliphatic carbocycles. The summed E-state index contributed by atoms with van der Waals surface area (Å²) in [5.74, 6) is 0.888. The molecule has 0 fully saturated rings. The van der Waals surface area contributed by atoms with E-state index < -0.39 is 0 Å². The van der Waals surface area contributed by atoms with Gasteiger partial charge in [0.2, 0.25) is 0 Å². The molecule has 0 aliphatic heterocycles. The summed E-state index contributed by atoms with van der Waals surface area (Å²) in [7, 11) is 0. The fourth-order valence-electron chi connectivity index (χ4n) is 1.19. The zero-order valence-corrected chi connectivity index (χ0v) is 8.34. The number of hydrogen-bond donors (Lipinski definition) is 1. The van der Waals surface area contributed by atoms with Crippen LogP contribution in [0.25, 0.3) is 0 Å². The van der Waals surface area contributed by atoms with Crippen molar-refractivity contribution in [1.29, 1.82) is 0 Å². The third-order valence-electron chi connectivity index (χ3n) is 1.87. The molecule has 0 unspecified atom stereocenters. The molecule has 0 saturated heterocycles. The number of ether oxygens (including phenoxy) is 1. The molecule has 2 N–H and O–H groups in total. The predicted molar refractivity (Wildman–Crippen MR) is 56.0 cm³/mol. The van der Waals surface area contributed by atoms with Gasteiger partial charge in [-0.1, -0.05) is 13.8 Å². The Labute approximate surface area is 79.7 Å². The highest BCUT2D eigenvalue weighted by atomic mass is 16.5. The van der Waals surface area contributed by atoms with Gasteiger partial charge in [-0.05, 0) is 30.5 Å². The van der Waals surface area contributed by atoms with Crippen LogP contribution in [0.15, 0.2) is 18.2 Å². The Hall–Kier alpha value is -1.18. The third kappa shape index (κ3) is 2.98. The van der Waals surface area contributed by atoms with Gasteiger partial charge in [-0.3, -0.25) is 0 Å². The lowest BCUT2D eigenvalue weighted by Crippen LogP contribution is -1.97. The van der Waals surface area contributed by atoms with Crippen LogP contribution in [0.5, 0.6) is 5.75 Å². The average Bonchev–Trinajstić information content (AvgIpc) is 2.14. The van der Waals surface area contributed by atoms with Gasteiger partial charge in [-0.25, -0.2) is 0 Å². The molecule has 0 heterocycles. The SMILES string of the molecule is CCCOc1cc(N)cc(CC)c1. The van der Waals surface area contributed by atoms with Crippen molar-refractivity contribution in [3.05, 3.63) is 23.8 Å². The Morgan fingerprint density at radius 2 is 2.00 bits per heavy atom. The summed E-state index contributed by atoms with van der Waals surface area (Å²) in [6.45, 7) is 4.96. The first kappa shape index (κ1) is 9.90. The second kappa shape index (κ2) is 4.75. The van der Waals surface area contributed by atoms with Crippen LogP contribution in [-0.2, 0) is 6.42 Å². The Balaban J connectivity index is 2.76. The van der Waals surface area contributed by atoms with E-state index in [2.05, 4.69) is 13.8 Å². The van der Waals surface area contributed by atoms with Gasteiger partial charge in [0, 0.05) is 11.8 Å². The smallest absolute Gasteiger partial charge is 0.121 e. The molecule has 0 saturated carbocycles. The number of hydrogen-bond acceptors (Lipinski definition) is 2. The first-order valence-electron chi connectivity index (χ1n) is 4.78. The largest absolute Gasteiger partial charge is 0.494 e. The number of aryl methyl sites for hydroxylation is 1. The van der Waals surface area contributed by atoms with E-state index in [0.717, 1.165) is 30.9 Å². The van der Waals surface area contributed by atoms with E-state index in [-0.39, 0.29) is 0 Å². The van der Waals surface area contributed by atoms with Gasteiger partial charge in [0.25, 0.3) is 0 Å². The molecule has 13 heavy (non-hydrogen) atoms. The number of nitrogen functional groups attached to an aromatic ring is 1. The number of benzene rings is 1. The fraction of sp³-hybridized carbons (Fsp3) is 0.455. The highest BCUT2D eigenvalue weighted by Crippen LogP contribution is 2.19. The molecule has 1 aromatic rings. The van der Waals surface area contributed by atoms with Crippen molar-refractivity contribution in [1.82, 2.24) is 0 Å². The second-order valence-electron chi connectivity index (χ2n) is 3.11. The molecule has 1 rings (SSSR count). The summed E-state index contributed by atoms with van der Waals surface area (Å²) < 4.78 is 5.50. The molecule has 0 amide bonds. The quantitative estimate of drug-likeness (QED) is 0.721. The van der Waals surface area contributed by atoms with Crippen molar-refractivity contribution in [3.63, 3.8) is 0 Å². The van der Waals surface area contributed by atoms with Crippen molar-refractivity contribution in [2.75, 3.05) is 12.3 Å². The summed E-state index contributed by atoms with van der Waals surface area (Å²) in [4.78, 5) is 0. The first-order chi connectivity index (χ1) is 6.26. The van der Waals surface area contributed by atoms with Gasteiger partial charge in [0.15, 0.2) is 0 Å². The summed E-state index contributed by atoms with van der Waals surface area (Å²) in [6.07, 6.45) is 2.02. The molecule has 1 aromatic carbocycles. The van der Waals surface area contributed by atoms with Crippen LogP contribution in [-0.4, -0.2) is 6.61 Å². The zero-order chi connectivity index (χ0) is 9.68.